The summed E-state index contributed by atoms with van der Waals surface area (Å²) in [6, 6.07) is 9.47. The molecule has 0 bridgehead atoms. The lowest BCUT2D eigenvalue weighted by atomic mass is 10.1. The smallest absolute Gasteiger partial charge is 0.237 e. The molecule has 1 heterocycles. The Morgan fingerprint density at radius 1 is 1.03 bits per heavy atom. The van der Waals surface area contributed by atoms with E-state index in [1.165, 1.54) is 35.4 Å². The van der Waals surface area contributed by atoms with Crippen LogP contribution in [0.15, 0.2) is 35.7 Å². The predicted molar refractivity (Wildman–Crippen MR) is 117 cm³/mol. The van der Waals surface area contributed by atoms with E-state index in [1.807, 2.05) is 37.3 Å². The molecule has 1 amide bonds. The van der Waals surface area contributed by atoms with Crippen LogP contribution < -0.4 is 5.32 Å². The fourth-order valence-corrected chi connectivity index (χ4v) is 5.24. The first-order chi connectivity index (χ1) is 14.0. The highest BCUT2D eigenvalue weighted by molar-refractivity contribution is 7.92. The van der Waals surface area contributed by atoms with Crippen molar-refractivity contribution in [2.75, 3.05) is 26.2 Å². The molecule has 0 radical (unpaired) electrons. The van der Waals surface area contributed by atoms with Crippen LogP contribution in [-0.4, -0.2) is 61.8 Å². The molecule has 160 valence electrons. The molecule has 3 rings (SSSR count). The van der Waals surface area contributed by atoms with Crippen LogP contribution in [0.25, 0.3) is 6.08 Å². The molecule has 1 aromatic rings. The van der Waals surface area contributed by atoms with E-state index in [-0.39, 0.29) is 18.0 Å². The van der Waals surface area contributed by atoms with E-state index in [0.717, 1.165) is 18.4 Å². The number of nitrogens with zero attached hydrogens (tertiary/aromatic N) is 2. The Bertz CT molecular complexity index is 779. The topological polar surface area (TPSA) is 69.7 Å². The van der Waals surface area contributed by atoms with Crippen molar-refractivity contribution in [3.05, 3.63) is 41.3 Å². The third kappa shape index (κ3) is 6.39. The maximum absolute atomic E-state index is 12.7. The molecule has 0 aromatic heterocycles. The summed E-state index contributed by atoms with van der Waals surface area (Å²) < 4.78 is 26.7. The van der Waals surface area contributed by atoms with Gasteiger partial charge in [-0.3, -0.25) is 9.69 Å². The zero-order chi connectivity index (χ0) is 20.7. The molecule has 29 heavy (non-hydrogen) atoms. The van der Waals surface area contributed by atoms with Crippen molar-refractivity contribution in [3.63, 3.8) is 0 Å². The van der Waals surface area contributed by atoms with Gasteiger partial charge in [-0.25, -0.2) is 8.42 Å². The van der Waals surface area contributed by atoms with Gasteiger partial charge in [0, 0.05) is 37.6 Å². The summed E-state index contributed by atoms with van der Waals surface area (Å²) in [4.78, 5) is 14.7. The SMILES string of the molecule is C[C@H](C(=O)NC1CCCCCC1)N1CCN(S(=O)(=O)/C=C/c2ccccc2)CC1. The first-order valence-electron chi connectivity index (χ1n) is 10.7. The molecule has 1 atom stereocenters. The Balaban J connectivity index is 1.49. The van der Waals surface area contributed by atoms with Crippen LogP contribution in [-0.2, 0) is 14.8 Å². The second-order valence-corrected chi connectivity index (χ2v) is 9.88. The van der Waals surface area contributed by atoms with Gasteiger partial charge in [0.15, 0.2) is 0 Å². The van der Waals surface area contributed by atoms with Gasteiger partial charge >= 0.3 is 0 Å². The predicted octanol–water partition coefficient (Wildman–Crippen LogP) is 2.83. The summed E-state index contributed by atoms with van der Waals surface area (Å²) in [5.74, 6) is 0.0668. The van der Waals surface area contributed by atoms with Gasteiger partial charge in [0.1, 0.15) is 0 Å². The van der Waals surface area contributed by atoms with E-state index in [9.17, 15) is 13.2 Å². The standard InChI is InChI=1S/C22H33N3O3S/c1-19(22(26)23-21-11-7-2-3-8-12-21)24-14-16-25(17-15-24)29(27,28)18-13-20-9-5-4-6-10-20/h4-6,9-10,13,18-19,21H,2-3,7-8,11-12,14-17H2,1H3,(H,23,26)/b18-13+/t19-/m1/s1. The average molecular weight is 420 g/mol. The maximum atomic E-state index is 12.7. The molecule has 0 spiro atoms. The lowest BCUT2D eigenvalue weighted by molar-refractivity contribution is -0.127. The minimum absolute atomic E-state index is 0.0668. The van der Waals surface area contributed by atoms with Crippen molar-refractivity contribution in [1.29, 1.82) is 0 Å². The first-order valence-corrected chi connectivity index (χ1v) is 12.2. The van der Waals surface area contributed by atoms with Gasteiger partial charge in [-0.1, -0.05) is 56.0 Å². The van der Waals surface area contributed by atoms with Crippen molar-refractivity contribution in [3.8, 4) is 0 Å². The van der Waals surface area contributed by atoms with Crippen LogP contribution in [0.5, 0.6) is 0 Å². The summed E-state index contributed by atoms with van der Waals surface area (Å²) >= 11 is 0. The van der Waals surface area contributed by atoms with Gasteiger partial charge in [0.2, 0.25) is 15.9 Å². The van der Waals surface area contributed by atoms with E-state index in [4.69, 9.17) is 0 Å². The number of hydrogen-bond acceptors (Lipinski definition) is 4. The summed E-state index contributed by atoms with van der Waals surface area (Å²) in [6.45, 7) is 3.87. The quantitative estimate of drug-likeness (QED) is 0.720. The van der Waals surface area contributed by atoms with Gasteiger partial charge in [-0.05, 0) is 31.4 Å². The van der Waals surface area contributed by atoms with Gasteiger partial charge < -0.3 is 5.32 Å². The fraction of sp³-hybridized carbons (Fsp3) is 0.591. The minimum atomic E-state index is -3.45. The van der Waals surface area contributed by atoms with E-state index in [0.29, 0.717) is 26.2 Å². The number of rotatable bonds is 6. The van der Waals surface area contributed by atoms with E-state index in [1.54, 1.807) is 6.08 Å². The molecule has 7 heteroatoms. The highest BCUT2D eigenvalue weighted by Crippen LogP contribution is 2.18. The third-order valence-electron chi connectivity index (χ3n) is 5.99. The van der Waals surface area contributed by atoms with Gasteiger partial charge in [-0.15, -0.1) is 0 Å². The Morgan fingerprint density at radius 2 is 1.66 bits per heavy atom. The summed E-state index contributed by atoms with van der Waals surface area (Å²) in [7, 11) is -3.45. The second kappa shape index (κ2) is 10.4. The largest absolute Gasteiger partial charge is 0.352 e. The average Bonchev–Trinajstić information content (AvgIpc) is 3.01. The Morgan fingerprint density at radius 3 is 2.28 bits per heavy atom. The Labute approximate surface area is 175 Å². The second-order valence-electron chi connectivity index (χ2n) is 8.07. The molecule has 1 N–H and O–H groups in total. The molecular formula is C22H33N3O3S. The van der Waals surface area contributed by atoms with Crippen LogP contribution in [0.3, 0.4) is 0 Å². The third-order valence-corrected chi connectivity index (χ3v) is 7.56. The van der Waals surface area contributed by atoms with Gasteiger partial charge in [0.05, 0.1) is 6.04 Å². The van der Waals surface area contributed by atoms with Gasteiger partial charge in [-0.2, -0.15) is 4.31 Å². The molecule has 2 fully saturated rings. The number of piperazine rings is 1. The number of benzene rings is 1. The minimum Gasteiger partial charge on any atom is -0.352 e. The number of amides is 1. The van der Waals surface area contributed by atoms with Crippen LogP contribution in [0, 0.1) is 0 Å². The lowest BCUT2D eigenvalue weighted by Gasteiger charge is -2.36. The lowest BCUT2D eigenvalue weighted by Crippen LogP contribution is -2.55. The molecule has 2 aliphatic rings. The zero-order valence-corrected chi connectivity index (χ0v) is 18.1. The molecule has 0 unspecified atom stereocenters. The molecular weight excluding hydrogens is 386 g/mol. The molecule has 1 saturated carbocycles. The van der Waals surface area contributed by atoms with Crippen LogP contribution in [0.2, 0.25) is 0 Å². The number of nitrogens with one attached hydrogen (secondary N) is 1. The van der Waals surface area contributed by atoms with Gasteiger partial charge in [0.25, 0.3) is 0 Å². The monoisotopic (exact) mass is 419 g/mol. The maximum Gasteiger partial charge on any atom is 0.237 e. The summed E-state index contributed by atoms with van der Waals surface area (Å²) in [6.07, 6.45) is 8.66. The van der Waals surface area contributed by atoms with Crippen LogP contribution in [0.1, 0.15) is 51.0 Å². The van der Waals surface area contributed by atoms with Crippen molar-refractivity contribution >= 4 is 22.0 Å². The first kappa shape index (κ1) is 22.0. The fourth-order valence-electron chi connectivity index (χ4n) is 4.07. The van der Waals surface area contributed by atoms with E-state index < -0.39 is 10.0 Å². The zero-order valence-electron chi connectivity index (χ0n) is 17.3. The van der Waals surface area contributed by atoms with Crippen molar-refractivity contribution in [2.24, 2.45) is 0 Å². The van der Waals surface area contributed by atoms with Crippen molar-refractivity contribution < 1.29 is 13.2 Å². The highest BCUT2D eigenvalue weighted by atomic mass is 32.2. The molecule has 1 aromatic carbocycles. The molecule has 6 nitrogen and oxygen atoms in total. The molecule has 1 aliphatic heterocycles. The van der Waals surface area contributed by atoms with E-state index in [2.05, 4.69) is 10.2 Å². The number of hydrogen-bond donors (Lipinski definition) is 1. The highest BCUT2D eigenvalue weighted by Gasteiger charge is 2.30. The normalized spacial score (nSPS) is 21.7. The number of carbonyl (C=O) groups excluding carboxylic acids is 1. The van der Waals surface area contributed by atoms with Crippen molar-refractivity contribution in [1.82, 2.24) is 14.5 Å². The van der Waals surface area contributed by atoms with Crippen LogP contribution in [0.4, 0.5) is 0 Å². The number of sulfonamides is 1. The van der Waals surface area contributed by atoms with Crippen molar-refractivity contribution in [2.45, 2.75) is 57.5 Å². The molecule has 1 aliphatic carbocycles. The Hall–Kier alpha value is -1.70. The van der Waals surface area contributed by atoms with Crippen LogP contribution >= 0.6 is 0 Å². The van der Waals surface area contributed by atoms with E-state index >= 15 is 0 Å². The summed E-state index contributed by atoms with van der Waals surface area (Å²) in [5, 5.41) is 4.49. The number of carbonyl (C=O) groups is 1. The Kier molecular flexibility index (Phi) is 7.86. The summed E-state index contributed by atoms with van der Waals surface area (Å²) in [5.41, 5.74) is 0.860. The molecule has 1 saturated heterocycles.